The van der Waals surface area contributed by atoms with Gasteiger partial charge < -0.3 is 19.5 Å². The lowest BCUT2D eigenvalue weighted by Crippen LogP contribution is -2.52. The predicted octanol–water partition coefficient (Wildman–Crippen LogP) is 0.806. The highest BCUT2D eigenvalue weighted by Crippen LogP contribution is 2.16. The summed E-state index contributed by atoms with van der Waals surface area (Å²) in [6.07, 6.45) is 1.66. The van der Waals surface area contributed by atoms with Gasteiger partial charge in [-0.15, -0.1) is 0 Å². The lowest BCUT2D eigenvalue weighted by molar-refractivity contribution is -0.147. The molecule has 1 aliphatic heterocycles. The molecule has 2 aromatic rings. The number of rotatable bonds is 4. The van der Waals surface area contributed by atoms with Crippen LogP contribution in [-0.4, -0.2) is 64.6 Å². The van der Waals surface area contributed by atoms with Crippen LogP contribution in [0.15, 0.2) is 36.5 Å². The summed E-state index contributed by atoms with van der Waals surface area (Å²) in [5.74, 6) is -0.782. The summed E-state index contributed by atoms with van der Waals surface area (Å²) < 4.78 is 11.8. The van der Waals surface area contributed by atoms with Crippen LogP contribution >= 0.6 is 0 Å². The van der Waals surface area contributed by atoms with E-state index >= 15 is 0 Å². The molecule has 126 valence electrons. The molecule has 1 aromatic heterocycles. The van der Waals surface area contributed by atoms with E-state index < -0.39 is 17.9 Å². The van der Waals surface area contributed by atoms with Gasteiger partial charge in [0.1, 0.15) is 5.75 Å². The number of carbonyl (C=O) groups excluding carboxylic acids is 1. The summed E-state index contributed by atoms with van der Waals surface area (Å²) in [7, 11) is 1.58. The Labute approximate surface area is 138 Å². The minimum atomic E-state index is -1.09. The predicted molar refractivity (Wildman–Crippen MR) is 83.4 cm³/mol. The van der Waals surface area contributed by atoms with Gasteiger partial charge in [0, 0.05) is 12.7 Å². The van der Waals surface area contributed by atoms with E-state index in [1.54, 1.807) is 36.2 Å². The van der Waals surface area contributed by atoms with E-state index in [0.29, 0.717) is 6.61 Å². The highest BCUT2D eigenvalue weighted by Gasteiger charge is 2.34. The quantitative estimate of drug-likeness (QED) is 0.891. The zero-order valence-corrected chi connectivity index (χ0v) is 13.1. The first-order valence-corrected chi connectivity index (χ1v) is 7.42. The summed E-state index contributed by atoms with van der Waals surface area (Å²) in [5.41, 5.74) is 0.964. The van der Waals surface area contributed by atoms with Crippen LogP contribution in [0.25, 0.3) is 5.69 Å². The maximum Gasteiger partial charge on any atom is 0.328 e. The zero-order valence-electron chi connectivity index (χ0n) is 13.1. The molecule has 24 heavy (non-hydrogen) atoms. The van der Waals surface area contributed by atoms with Crippen LogP contribution < -0.4 is 4.74 Å². The molecule has 0 aliphatic carbocycles. The number of carboxylic acid groups (broad SMARTS) is 1. The third-order valence-electron chi connectivity index (χ3n) is 3.82. The topological polar surface area (TPSA) is 93.9 Å². The lowest BCUT2D eigenvalue weighted by atomic mass is 10.2. The lowest BCUT2D eigenvalue weighted by Gasteiger charge is -2.32. The van der Waals surface area contributed by atoms with E-state index in [0.717, 1.165) is 11.4 Å². The number of hydrogen-bond acceptors (Lipinski definition) is 5. The van der Waals surface area contributed by atoms with Crippen molar-refractivity contribution in [3.63, 3.8) is 0 Å². The Kier molecular flexibility index (Phi) is 4.48. The number of benzene rings is 1. The number of aliphatic carboxylic acids is 1. The van der Waals surface area contributed by atoms with E-state index in [2.05, 4.69) is 5.10 Å². The van der Waals surface area contributed by atoms with Gasteiger partial charge in [-0.05, 0) is 30.3 Å². The first-order valence-electron chi connectivity index (χ1n) is 7.42. The van der Waals surface area contributed by atoms with Gasteiger partial charge in [-0.1, -0.05) is 0 Å². The maximum absolute atomic E-state index is 12.6. The summed E-state index contributed by atoms with van der Waals surface area (Å²) in [5, 5.41) is 13.5. The molecule has 3 rings (SSSR count). The van der Waals surface area contributed by atoms with Gasteiger partial charge in [0.15, 0.2) is 11.7 Å². The van der Waals surface area contributed by atoms with Crippen LogP contribution in [0.1, 0.15) is 10.5 Å². The molecule has 0 spiro atoms. The SMILES string of the molecule is COc1ccc(-n2ccc(C(=O)N3CCOCC3C(=O)O)n2)cc1. The number of nitrogens with zero attached hydrogens (tertiary/aromatic N) is 3. The Bertz CT molecular complexity index is 740. The van der Waals surface area contributed by atoms with Crippen molar-refractivity contribution in [2.45, 2.75) is 6.04 Å². The summed E-state index contributed by atoms with van der Waals surface area (Å²) in [4.78, 5) is 25.1. The molecule has 1 unspecified atom stereocenters. The van der Waals surface area contributed by atoms with Crippen molar-refractivity contribution >= 4 is 11.9 Å². The fourth-order valence-electron chi connectivity index (χ4n) is 2.52. The smallest absolute Gasteiger partial charge is 0.328 e. The Morgan fingerprint density at radius 3 is 2.71 bits per heavy atom. The summed E-state index contributed by atoms with van der Waals surface area (Å²) >= 11 is 0. The van der Waals surface area contributed by atoms with Gasteiger partial charge in [0.25, 0.3) is 5.91 Å². The van der Waals surface area contributed by atoms with Crippen molar-refractivity contribution < 1.29 is 24.2 Å². The van der Waals surface area contributed by atoms with Crippen molar-refractivity contribution in [1.29, 1.82) is 0 Å². The maximum atomic E-state index is 12.6. The zero-order chi connectivity index (χ0) is 17.1. The molecule has 2 heterocycles. The number of morpholine rings is 1. The van der Waals surface area contributed by atoms with Gasteiger partial charge in [0.2, 0.25) is 0 Å². The molecule has 8 nitrogen and oxygen atoms in total. The third kappa shape index (κ3) is 3.09. The van der Waals surface area contributed by atoms with Crippen molar-refractivity contribution in [3.8, 4) is 11.4 Å². The molecule has 1 atom stereocenters. The number of ether oxygens (including phenoxy) is 2. The normalized spacial score (nSPS) is 17.5. The Morgan fingerprint density at radius 1 is 1.29 bits per heavy atom. The van der Waals surface area contributed by atoms with Crippen LogP contribution in [0.2, 0.25) is 0 Å². The number of aromatic nitrogens is 2. The molecular weight excluding hydrogens is 314 g/mol. The van der Waals surface area contributed by atoms with Crippen LogP contribution in [0, 0.1) is 0 Å². The number of carboxylic acids is 1. The van der Waals surface area contributed by atoms with Crippen molar-refractivity contribution in [3.05, 3.63) is 42.2 Å². The molecule has 1 aromatic carbocycles. The van der Waals surface area contributed by atoms with Crippen molar-refractivity contribution in [2.75, 3.05) is 26.9 Å². The van der Waals surface area contributed by atoms with Gasteiger partial charge in [0.05, 0.1) is 26.0 Å². The van der Waals surface area contributed by atoms with Gasteiger partial charge in [-0.2, -0.15) is 5.10 Å². The highest BCUT2D eigenvalue weighted by atomic mass is 16.5. The number of carbonyl (C=O) groups is 2. The highest BCUT2D eigenvalue weighted by molar-refractivity contribution is 5.95. The number of methoxy groups -OCH3 is 1. The van der Waals surface area contributed by atoms with Crippen LogP contribution in [0.4, 0.5) is 0 Å². The van der Waals surface area contributed by atoms with Gasteiger partial charge in [-0.3, -0.25) is 4.79 Å². The standard InChI is InChI=1S/C16H17N3O5/c1-23-12-4-2-11(3-5-12)19-7-6-13(17-19)15(20)18-8-9-24-10-14(18)16(21)22/h2-7,14H,8-10H2,1H3,(H,21,22). The van der Waals surface area contributed by atoms with Crippen LogP contribution in [0.3, 0.4) is 0 Å². The molecule has 1 fully saturated rings. The molecule has 1 N–H and O–H groups in total. The molecule has 1 aliphatic rings. The first-order chi connectivity index (χ1) is 11.6. The van der Waals surface area contributed by atoms with Gasteiger partial charge >= 0.3 is 5.97 Å². The molecule has 1 amide bonds. The monoisotopic (exact) mass is 331 g/mol. The molecule has 0 radical (unpaired) electrons. The van der Waals surface area contributed by atoms with Crippen molar-refractivity contribution in [2.24, 2.45) is 0 Å². The molecule has 1 saturated heterocycles. The minimum Gasteiger partial charge on any atom is -0.497 e. The Hall–Kier alpha value is -2.87. The second-order valence-corrected chi connectivity index (χ2v) is 5.27. The Balaban J connectivity index is 1.81. The van der Waals surface area contributed by atoms with Crippen molar-refractivity contribution in [1.82, 2.24) is 14.7 Å². The second kappa shape index (κ2) is 6.71. The van der Waals surface area contributed by atoms with Crippen LogP contribution in [0.5, 0.6) is 5.75 Å². The Morgan fingerprint density at radius 2 is 2.04 bits per heavy atom. The number of hydrogen-bond donors (Lipinski definition) is 1. The van der Waals surface area contributed by atoms with Gasteiger partial charge in [-0.25, -0.2) is 9.48 Å². The average Bonchev–Trinajstić information content (AvgIpc) is 3.11. The number of amides is 1. The van der Waals surface area contributed by atoms with E-state index in [1.807, 2.05) is 12.1 Å². The molecular formula is C16H17N3O5. The average molecular weight is 331 g/mol. The molecule has 0 bridgehead atoms. The largest absolute Gasteiger partial charge is 0.497 e. The van der Waals surface area contributed by atoms with E-state index in [1.165, 1.54) is 4.90 Å². The minimum absolute atomic E-state index is 0.0136. The van der Waals surface area contributed by atoms with E-state index in [9.17, 15) is 14.7 Å². The molecule has 0 saturated carbocycles. The fourth-order valence-corrected chi connectivity index (χ4v) is 2.52. The van der Waals surface area contributed by atoms with Crippen LogP contribution in [-0.2, 0) is 9.53 Å². The second-order valence-electron chi connectivity index (χ2n) is 5.27. The summed E-state index contributed by atoms with van der Waals surface area (Å²) in [6.45, 7) is 0.528. The molecule has 8 heteroatoms. The fraction of sp³-hybridized carbons (Fsp3) is 0.312. The van der Waals surface area contributed by atoms with E-state index in [-0.39, 0.29) is 18.8 Å². The van der Waals surface area contributed by atoms with E-state index in [4.69, 9.17) is 9.47 Å². The summed E-state index contributed by atoms with van der Waals surface area (Å²) in [6, 6.07) is 7.80. The first kappa shape index (κ1) is 16.0. The third-order valence-corrected chi connectivity index (χ3v) is 3.82.